The molecule has 0 aliphatic carbocycles. The van der Waals surface area contributed by atoms with Crippen molar-refractivity contribution < 1.29 is 19.4 Å². The third-order valence-electron chi connectivity index (χ3n) is 1.95. The predicted molar refractivity (Wildman–Crippen MR) is 71.1 cm³/mol. The Morgan fingerprint density at radius 2 is 2.00 bits per heavy atom. The zero-order valence-corrected chi connectivity index (χ0v) is 13.2. The Morgan fingerprint density at radius 1 is 1.39 bits per heavy atom. The average Bonchev–Trinajstić information content (AvgIpc) is 2.19. The molecule has 0 aromatic heterocycles. The van der Waals surface area contributed by atoms with Gasteiger partial charge < -0.3 is 0 Å². The van der Waals surface area contributed by atoms with E-state index in [4.69, 9.17) is 9.84 Å². The summed E-state index contributed by atoms with van der Waals surface area (Å²) in [7, 11) is 0. The number of aliphatic carboxylic acids is 1. The van der Waals surface area contributed by atoms with Crippen LogP contribution in [-0.2, 0) is 9.53 Å². The van der Waals surface area contributed by atoms with Gasteiger partial charge in [0.1, 0.15) is 0 Å². The normalized spacial score (nSPS) is 12.9. The Bertz CT molecular complexity index is 276. The van der Waals surface area contributed by atoms with E-state index in [0.29, 0.717) is 21.4 Å². The Labute approximate surface area is 115 Å². The number of carbonyl (C=O) groups is 2. The zero-order chi connectivity index (χ0) is 14.2. The molecule has 18 heavy (non-hydrogen) atoms. The van der Waals surface area contributed by atoms with Crippen LogP contribution in [0.25, 0.3) is 0 Å². The van der Waals surface area contributed by atoms with Crippen molar-refractivity contribution in [3.8, 4) is 0 Å². The first-order valence-corrected chi connectivity index (χ1v) is 8.46. The minimum atomic E-state index is -0.838. The van der Waals surface area contributed by atoms with Crippen LogP contribution in [0, 0.1) is 0 Å². The third kappa shape index (κ3) is 10.4. The van der Waals surface area contributed by atoms with Crippen LogP contribution in [-0.4, -0.2) is 43.8 Å². The van der Waals surface area contributed by atoms with Crippen molar-refractivity contribution in [2.24, 2.45) is 0 Å². The van der Waals surface area contributed by atoms with Gasteiger partial charge in [0.2, 0.25) is 0 Å². The van der Waals surface area contributed by atoms with Crippen molar-refractivity contribution in [1.82, 2.24) is 5.32 Å². The Kier molecular flexibility index (Phi) is 8.03. The van der Waals surface area contributed by atoms with Gasteiger partial charge in [0.05, 0.1) is 0 Å². The van der Waals surface area contributed by atoms with Crippen molar-refractivity contribution in [2.45, 2.75) is 62.8 Å². The molecule has 0 rings (SSSR count). The second-order valence-electron chi connectivity index (χ2n) is 4.94. The number of alkyl carbamates (subject to hydrolysis) is 1. The number of carboxylic acids is 1. The van der Waals surface area contributed by atoms with Crippen LogP contribution in [0.15, 0.2) is 0 Å². The molecule has 0 aliphatic rings. The molecule has 1 atom stereocenters. The Balaban J connectivity index is 4.20. The van der Waals surface area contributed by atoms with E-state index in [1.165, 1.54) is 0 Å². The summed E-state index contributed by atoms with van der Waals surface area (Å²) in [6.45, 7) is 7.49. The van der Waals surface area contributed by atoms with E-state index < -0.39 is 17.7 Å². The van der Waals surface area contributed by atoms with Crippen molar-refractivity contribution in [3.63, 3.8) is 0 Å². The van der Waals surface area contributed by atoms with Crippen LogP contribution in [0.4, 0.5) is 4.79 Å². The Morgan fingerprint density at radius 3 is 2.44 bits per heavy atom. The van der Waals surface area contributed by atoms with E-state index >= 15 is 0 Å². The number of amides is 1. The number of carboxylic acid groups (broad SMARTS) is 1. The molecule has 6 heteroatoms. The summed E-state index contributed by atoms with van der Waals surface area (Å²) in [5.41, 5.74) is -0.530. The van der Waals surface area contributed by atoms with Gasteiger partial charge in [-0.1, -0.05) is 0 Å². The predicted octanol–water partition coefficient (Wildman–Crippen LogP) is 2.31. The second kappa shape index (κ2) is 8.38. The van der Waals surface area contributed by atoms with Gasteiger partial charge in [0, 0.05) is 0 Å². The van der Waals surface area contributed by atoms with Crippen molar-refractivity contribution in [2.75, 3.05) is 0 Å². The maximum atomic E-state index is 11.6. The van der Waals surface area contributed by atoms with Gasteiger partial charge in [-0.25, -0.2) is 0 Å². The van der Waals surface area contributed by atoms with Gasteiger partial charge in [0.25, 0.3) is 0 Å². The SMILES string of the molecule is CC[Se]C[C@H](CCC(=O)O)NC(=O)OC(C)(C)C. The molecule has 1 amide bonds. The molecule has 2 N–H and O–H groups in total. The van der Waals surface area contributed by atoms with Crippen LogP contribution >= 0.6 is 0 Å². The molecule has 0 aliphatic heterocycles. The first-order chi connectivity index (χ1) is 8.24. The number of rotatable bonds is 7. The standard InChI is InChI=1S/C12H23NO4Se/c1-5-18-8-9(6-7-10(14)15)13-11(16)17-12(2,3)4/h9H,5-8H2,1-4H3,(H,13,16)(H,14,15)/t9-/m0/s1. The van der Waals surface area contributed by atoms with E-state index in [1.54, 1.807) is 20.8 Å². The molecule has 0 aromatic carbocycles. The van der Waals surface area contributed by atoms with Gasteiger partial charge >= 0.3 is 115 Å². The van der Waals surface area contributed by atoms with Crippen LogP contribution in [0.3, 0.4) is 0 Å². The number of nitrogens with one attached hydrogen (secondary N) is 1. The molecule has 0 aromatic rings. The quantitative estimate of drug-likeness (QED) is 0.705. The summed E-state index contributed by atoms with van der Waals surface area (Å²) >= 11 is 0.429. The summed E-state index contributed by atoms with van der Waals surface area (Å²) in [5.74, 6) is -0.838. The fourth-order valence-corrected chi connectivity index (χ4v) is 2.85. The number of hydrogen-bond acceptors (Lipinski definition) is 3. The van der Waals surface area contributed by atoms with Gasteiger partial charge in [-0.3, -0.25) is 0 Å². The first-order valence-electron chi connectivity index (χ1n) is 6.03. The molecule has 0 saturated heterocycles. The monoisotopic (exact) mass is 325 g/mol. The number of ether oxygens (including phenoxy) is 1. The third-order valence-corrected chi connectivity index (χ3v) is 4.15. The summed E-state index contributed by atoms with van der Waals surface area (Å²) in [6, 6.07) is -0.101. The van der Waals surface area contributed by atoms with Crippen molar-refractivity contribution >= 4 is 27.0 Å². The van der Waals surface area contributed by atoms with E-state index in [1.807, 2.05) is 0 Å². The summed E-state index contributed by atoms with van der Waals surface area (Å²) in [4.78, 5) is 22.2. The molecule has 0 heterocycles. The fourth-order valence-electron chi connectivity index (χ4n) is 1.23. The Hall–Kier alpha value is -0.741. The molecular weight excluding hydrogens is 301 g/mol. The second-order valence-corrected chi connectivity index (χ2v) is 7.70. The molecule has 0 bridgehead atoms. The van der Waals surface area contributed by atoms with Gasteiger partial charge in [-0.05, 0) is 0 Å². The topological polar surface area (TPSA) is 75.6 Å². The molecule has 106 valence electrons. The molecule has 0 fully saturated rings. The first kappa shape index (κ1) is 17.3. The minimum absolute atomic E-state index is 0.0697. The summed E-state index contributed by atoms with van der Waals surface area (Å²) < 4.78 is 5.16. The van der Waals surface area contributed by atoms with E-state index in [-0.39, 0.29) is 12.5 Å². The van der Waals surface area contributed by atoms with Gasteiger partial charge in [0.15, 0.2) is 0 Å². The average molecular weight is 324 g/mol. The number of hydrogen-bond donors (Lipinski definition) is 2. The number of carbonyl (C=O) groups excluding carboxylic acids is 1. The van der Waals surface area contributed by atoms with Crippen LogP contribution in [0.5, 0.6) is 0 Å². The maximum absolute atomic E-state index is 11.6. The summed E-state index contributed by atoms with van der Waals surface area (Å²) in [6.07, 6.45) is 0.0566. The van der Waals surface area contributed by atoms with Gasteiger partial charge in [-0.2, -0.15) is 0 Å². The van der Waals surface area contributed by atoms with E-state index in [2.05, 4.69) is 12.2 Å². The molecule has 5 nitrogen and oxygen atoms in total. The van der Waals surface area contributed by atoms with Crippen molar-refractivity contribution in [1.29, 1.82) is 0 Å². The van der Waals surface area contributed by atoms with Gasteiger partial charge in [-0.15, -0.1) is 0 Å². The molecular formula is C12H23NO4Se. The zero-order valence-electron chi connectivity index (χ0n) is 11.5. The van der Waals surface area contributed by atoms with Crippen LogP contribution in [0.1, 0.15) is 40.5 Å². The molecule has 0 radical (unpaired) electrons. The van der Waals surface area contributed by atoms with Crippen LogP contribution in [0.2, 0.25) is 10.6 Å². The molecule has 0 unspecified atom stereocenters. The fraction of sp³-hybridized carbons (Fsp3) is 0.833. The molecule has 0 saturated carbocycles. The van der Waals surface area contributed by atoms with E-state index in [0.717, 1.165) is 10.6 Å². The molecule has 0 spiro atoms. The summed E-state index contributed by atoms with van der Waals surface area (Å²) in [5, 5.41) is 13.3. The van der Waals surface area contributed by atoms with E-state index in [9.17, 15) is 9.59 Å². The van der Waals surface area contributed by atoms with Crippen molar-refractivity contribution in [3.05, 3.63) is 0 Å². The van der Waals surface area contributed by atoms with Crippen LogP contribution < -0.4 is 5.32 Å².